The van der Waals surface area contributed by atoms with Gasteiger partial charge in [0.1, 0.15) is 5.60 Å². The van der Waals surface area contributed by atoms with Crippen LogP contribution < -0.4 is 4.72 Å². The minimum Gasteiger partial charge on any atom is -0.444 e. The number of amides is 1. The quantitative estimate of drug-likeness (QED) is 0.773. The van der Waals surface area contributed by atoms with Crippen LogP contribution >= 0.6 is 0 Å². The Kier molecular flexibility index (Phi) is 7.90. The van der Waals surface area contributed by atoms with Crippen molar-refractivity contribution in [2.24, 2.45) is 0 Å². The predicted molar refractivity (Wildman–Crippen MR) is 102 cm³/mol. The zero-order chi connectivity index (χ0) is 19.3. The molecular weight excluding hydrogens is 340 g/mol. The summed E-state index contributed by atoms with van der Waals surface area (Å²) in [6.07, 6.45) is 3.62. The molecule has 0 radical (unpaired) electrons. The molecule has 1 amide bonds. The second-order valence-electron chi connectivity index (χ2n) is 8.95. The Morgan fingerprint density at radius 1 is 1.24 bits per heavy atom. The first-order valence-corrected chi connectivity index (χ1v) is 10.3. The lowest BCUT2D eigenvalue weighted by Gasteiger charge is -2.39. The van der Waals surface area contributed by atoms with Crippen molar-refractivity contribution in [3.63, 3.8) is 0 Å². The van der Waals surface area contributed by atoms with Gasteiger partial charge in [-0.05, 0) is 73.6 Å². The third-order valence-corrected chi connectivity index (χ3v) is 5.89. The maximum Gasteiger partial charge on any atom is 0.410 e. The lowest BCUT2D eigenvalue weighted by molar-refractivity contribution is 0.0211. The summed E-state index contributed by atoms with van der Waals surface area (Å²) in [7, 11) is -1.24. The van der Waals surface area contributed by atoms with Crippen LogP contribution in [-0.2, 0) is 15.7 Å². The van der Waals surface area contributed by atoms with Crippen molar-refractivity contribution >= 4 is 17.1 Å². The van der Waals surface area contributed by atoms with Crippen LogP contribution in [-0.4, -0.2) is 55.9 Å². The van der Waals surface area contributed by atoms with Crippen LogP contribution in [0.2, 0.25) is 0 Å². The van der Waals surface area contributed by atoms with Crippen molar-refractivity contribution in [3.8, 4) is 0 Å². The molecule has 6 nitrogen and oxygen atoms in total. The highest BCUT2D eigenvalue weighted by molar-refractivity contribution is 7.84. The minimum absolute atomic E-state index is 0.0814. The zero-order valence-corrected chi connectivity index (χ0v) is 17.5. The molecule has 2 unspecified atom stereocenters. The molecule has 1 rings (SSSR count). The van der Waals surface area contributed by atoms with Gasteiger partial charge in [-0.15, -0.1) is 0 Å². The average Bonchev–Trinajstić information content (AvgIpc) is 2.66. The van der Waals surface area contributed by atoms with Crippen LogP contribution in [0.25, 0.3) is 0 Å². The van der Waals surface area contributed by atoms with Crippen LogP contribution in [0.15, 0.2) is 0 Å². The highest BCUT2D eigenvalue weighted by Gasteiger charge is 2.39. The maximum absolute atomic E-state index is 12.7. The van der Waals surface area contributed by atoms with E-state index in [-0.39, 0.29) is 12.7 Å². The Labute approximate surface area is 155 Å². The first-order chi connectivity index (χ1) is 11.4. The van der Waals surface area contributed by atoms with Gasteiger partial charge < -0.3 is 14.7 Å². The van der Waals surface area contributed by atoms with Crippen LogP contribution in [0.4, 0.5) is 4.79 Å². The fourth-order valence-corrected chi connectivity index (χ4v) is 3.85. The topological polar surface area (TPSA) is 78.9 Å². The lowest BCUT2D eigenvalue weighted by Crippen LogP contribution is -2.57. The Hall–Kier alpha value is -0.660. The fraction of sp³-hybridized carbons (Fsp3) is 0.944. The van der Waals surface area contributed by atoms with Crippen LogP contribution in [0.5, 0.6) is 0 Å². The molecule has 7 heteroatoms. The normalized spacial score (nSPS) is 23.9. The Balaban J connectivity index is 3.00. The van der Waals surface area contributed by atoms with Crippen molar-refractivity contribution in [1.82, 2.24) is 9.62 Å². The molecule has 1 heterocycles. The van der Waals surface area contributed by atoms with E-state index >= 15 is 0 Å². The third-order valence-electron chi connectivity index (χ3n) is 4.16. The van der Waals surface area contributed by atoms with Crippen LogP contribution in [0.3, 0.4) is 0 Å². The molecule has 0 saturated carbocycles. The molecule has 1 aliphatic heterocycles. The standard InChI is InChI=1S/C18H36N2O4S/c1-16(2,3)24-15(22)20-12-8-7-10-18(14-20,11-9-13-21)19-25(23)17(4,5)6/h19,21H,7-14H2,1-6H3. The first-order valence-electron chi connectivity index (χ1n) is 9.17. The fourth-order valence-electron chi connectivity index (χ4n) is 2.88. The second-order valence-corrected chi connectivity index (χ2v) is 10.9. The average molecular weight is 377 g/mol. The molecule has 0 aliphatic carbocycles. The molecule has 0 aromatic rings. The molecule has 2 atom stereocenters. The van der Waals surface area contributed by atoms with Crippen molar-refractivity contribution in [2.45, 2.75) is 89.5 Å². The number of aliphatic hydroxyl groups excluding tert-OH is 1. The largest absolute Gasteiger partial charge is 0.444 e. The molecule has 0 bridgehead atoms. The number of nitrogens with zero attached hydrogens (tertiary/aromatic N) is 1. The predicted octanol–water partition coefficient (Wildman–Crippen LogP) is 2.97. The molecule has 1 aliphatic rings. The number of rotatable bonds is 5. The van der Waals surface area contributed by atoms with E-state index in [1.165, 1.54) is 0 Å². The Bertz CT molecular complexity index is 471. The van der Waals surface area contributed by atoms with E-state index in [0.29, 0.717) is 25.9 Å². The molecule has 148 valence electrons. The number of aliphatic hydroxyl groups is 1. The number of likely N-dealkylation sites (tertiary alicyclic amines) is 1. The number of nitrogens with one attached hydrogen (secondary N) is 1. The van der Waals surface area contributed by atoms with E-state index < -0.39 is 26.9 Å². The molecular formula is C18H36N2O4S. The van der Waals surface area contributed by atoms with E-state index in [4.69, 9.17) is 4.74 Å². The lowest BCUT2D eigenvalue weighted by atomic mass is 9.89. The van der Waals surface area contributed by atoms with Gasteiger partial charge in [0, 0.05) is 25.2 Å². The molecule has 0 aromatic heterocycles. The monoisotopic (exact) mass is 376 g/mol. The molecule has 2 N–H and O–H groups in total. The SMILES string of the molecule is CC(C)(C)OC(=O)N1CCCCC(CCCO)(NS(=O)C(C)(C)C)C1. The van der Waals surface area contributed by atoms with E-state index in [1.807, 2.05) is 41.5 Å². The number of hydrogen-bond acceptors (Lipinski definition) is 4. The number of ether oxygens (including phenoxy) is 1. The van der Waals surface area contributed by atoms with E-state index in [1.54, 1.807) is 4.90 Å². The summed E-state index contributed by atoms with van der Waals surface area (Å²) in [6, 6.07) is 0. The van der Waals surface area contributed by atoms with Gasteiger partial charge in [0.2, 0.25) is 0 Å². The number of carbonyl (C=O) groups excluding carboxylic acids is 1. The van der Waals surface area contributed by atoms with Gasteiger partial charge in [0.15, 0.2) is 0 Å². The first kappa shape index (κ1) is 22.4. The van der Waals surface area contributed by atoms with Gasteiger partial charge in [-0.2, -0.15) is 0 Å². The van der Waals surface area contributed by atoms with Gasteiger partial charge in [0.05, 0.1) is 15.7 Å². The summed E-state index contributed by atoms with van der Waals surface area (Å²) in [4.78, 5) is 14.3. The van der Waals surface area contributed by atoms with Crippen molar-refractivity contribution in [3.05, 3.63) is 0 Å². The molecule has 1 saturated heterocycles. The van der Waals surface area contributed by atoms with Gasteiger partial charge in [0.25, 0.3) is 0 Å². The van der Waals surface area contributed by atoms with Crippen LogP contribution in [0.1, 0.15) is 73.6 Å². The summed E-state index contributed by atoms with van der Waals surface area (Å²) < 4.78 is 21.2. The highest BCUT2D eigenvalue weighted by Crippen LogP contribution is 2.28. The molecule has 0 spiro atoms. The summed E-state index contributed by atoms with van der Waals surface area (Å²) in [5, 5.41) is 9.29. The number of hydrogen-bond donors (Lipinski definition) is 2. The van der Waals surface area contributed by atoms with Gasteiger partial charge in [-0.1, -0.05) is 0 Å². The molecule has 1 fully saturated rings. The minimum atomic E-state index is -1.24. The van der Waals surface area contributed by atoms with E-state index in [0.717, 1.165) is 19.3 Å². The van der Waals surface area contributed by atoms with Crippen LogP contribution in [0, 0.1) is 0 Å². The summed E-state index contributed by atoms with van der Waals surface area (Å²) >= 11 is 0. The molecule has 0 aromatic carbocycles. The van der Waals surface area contributed by atoms with Gasteiger partial charge in [-0.25, -0.2) is 13.7 Å². The van der Waals surface area contributed by atoms with E-state index in [2.05, 4.69) is 4.72 Å². The van der Waals surface area contributed by atoms with Gasteiger partial charge >= 0.3 is 6.09 Å². The van der Waals surface area contributed by atoms with Crippen molar-refractivity contribution in [2.75, 3.05) is 19.7 Å². The number of carbonyl (C=O) groups is 1. The van der Waals surface area contributed by atoms with Crippen molar-refractivity contribution in [1.29, 1.82) is 0 Å². The summed E-state index contributed by atoms with van der Waals surface area (Å²) in [6.45, 7) is 12.5. The highest BCUT2D eigenvalue weighted by atomic mass is 32.2. The van der Waals surface area contributed by atoms with Gasteiger partial charge in [-0.3, -0.25) is 0 Å². The third kappa shape index (κ3) is 7.62. The maximum atomic E-state index is 12.7. The molecule has 25 heavy (non-hydrogen) atoms. The summed E-state index contributed by atoms with van der Waals surface area (Å²) in [5.74, 6) is 0. The second kappa shape index (κ2) is 8.82. The smallest absolute Gasteiger partial charge is 0.410 e. The zero-order valence-electron chi connectivity index (χ0n) is 16.7. The van der Waals surface area contributed by atoms with Crippen molar-refractivity contribution < 1.29 is 18.8 Å². The summed E-state index contributed by atoms with van der Waals surface area (Å²) in [5.41, 5.74) is -1.01. The van der Waals surface area contributed by atoms with E-state index in [9.17, 15) is 14.1 Å². The Morgan fingerprint density at radius 2 is 1.88 bits per heavy atom. The Morgan fingerprint density at radius 3 is 2.40 bits per heavy atom.